The van der Waals surface area contributed by atoms with Gasteiger partial charge in [-0.25, -0.2) is 0 Å². The average molecular weight is 279 g/mol. The molecular formula is C20H25N. The number of hydrogen-bond donors (Lipinski definition) is 1. The zero-order valence-corrected chi connectivity index (χ0v) is 12.9. The van der Waals surface area contributed by atoms with Crippen molar-refractivity contribution in [2.45, 2.75) is 51.0 Å². The Bertz CT molecular complexity index is 588. The number of hydrogen-bond acceptors (Lipinski definition) is 1. The van der Waals surface area contributed by atoms with Crippen LogP contribution in [0.2, 0.25) is 0 Å². The third kappa shape index (κ3) is 3.03. The van der Waals surface area contributed by atoms with Crippen LogP contribution < -0.4 is 5.73 Å². The van der Waals surface area contributed by atoms with Gasteiger partial charge in [0.2, 0.25) is 0 Å². The van der Waals surface area contributed by atoms with Crippen LogP contribution in [-0.4, -0.2) is 0 Å². The molecule has 3 rings (SSSR count). The molecular weight excluding hydrogens is 254 g/mol. The number of nitrogens with two attached hydrogens (primary N) is 1. The normalized spacial score (nSPS) is 17.0. The lowest BCUT2D eigenvalue weighted by Gasteiger charge is -2.25. The highest BCUT2D eigenvalue weighted by Gasteiger charge is 2.21. The number of benzene rings is 2. The quantitative estimate of drug-likeness (QED) is 0.858. The molecule has 21 heavy (non-hydrogen) atoms. The Morgan fingerprint density at radius 1 is 0.905 bits per heavy atom. The maximum atomic E-state index is 6.61. The second kappa shape index (κ2) is 6.44. The maximum absolute atomic E-state index is 6.61. The van der Waals surface area contributed by atoms with Gasteiger partial charge in [-0.2, -0.15) is 0 Å². The van der Waals surface area contributed by atoms with Crippen LogP contribution in [0, 0.1) is 0 Å². The minimum absolute atomic E-state index is 0.0876. The minimum atomic E-state index is 0.0876. The first-order valence-corrected chi connectivity index (χ1v) is 8.22. The molecule has 0 aromatic heterocycles. The predicted octanol–water partition coefficient (Wildman–Crippen LogP) is 4.76. The van der Waals surface area contributed by atoms with E-state index in [2.05, 4.69) is 55.5 Å². The molecule has 110 valence electrons. The van der Waals surface area contributed by atoms with Crippen molar-refractivity contribution in [1.82, 2.24) is 0 Å². The summed E-state index contributed by atoms with van der Waals surface area (Å²) in [5.41, 5.74) is 12.3. The van der Waals surface area contributed by atoms with Gasteiger partial charge in [0.05, 0.1) is 0 Å². The summed E-state index contributed by atoms with van der Waals surface area (Å²) in [5.74, 6) is 0.396. The van der Waals surface area contributed by atoms with E-state index in [1.807, 2.05) is 0 Å². The lowest BCUT2D eigenvalue weighted by atomic mass is 9.83. The Hall–Kier alpha value is -1.60. The Balaban J connectivity index is 1.88. The smallest absolute Gasteiger partial charge is 0.0364 e. The van der Waals surface area contributed by atoms with Crippen molar-refractivity contribution in [3.63, 3.8) is 0 Å². The summed E-state index contributed by atoms with van der Waals surface area (Å²) in [6.45, 7) is 2.23. The van der Waals surface area contributed by atoms with Crippen molar-refractivity contribution in [3.05, 3.63) is 70.8 Å². The van der Waals surface area contributed by atoms with E-state index >= 15 is 0 Å². The third-order valence-corrected chi connectivity index (χ3v) is 4.86. The first kappa shape index (κ1) is 14.3. The van der Waals surface area contributed by atoms with Gasteiger partial charge in [0.15, 0.2) is 0 Å². The molecule has 0 bridgehead atoms. The molecule has 0 aliphatic heterocycles. The maximum Gasteiger partial charge on any atom is 0.0364 e. The Morgan fingerprint density at radius 3 is 2.33 bits per heavy atom. The first-order valence-electron chi connectivity index (χ1n) is 8.22. The second-order valence-electron chi connectivity index (χ2n) is 6.19. The van der Waals surface area contributed by atoms with E-state index in [0.717, 1.165) is 6.42 Å². The van der Waals surface area contributed by atoms with Crippen molar-refractivity contribution < 1.29 is 0 Å². The van der Waals surface area contributed by atoms with Gasteiger partial charge in [0, 0.05) is 12.0 Å². The number of aryl methyl sites for hydroxylation is 2. The average Bonchev–Trinajstić information content (AvgIpc) is 2.56. The van der Waals surface area contributed by atoms with Crippen molar-refractivity contribution in [3.8, 4) is 0 Å². The molecule has 1 heteroatoms. The van der Waals surface area contributed by atoms with Gasteiger partial charge in [0.25, 0.3) is 0 Å². The van der Waals surface area contributed by atoms with Crippen molar-refractivity contribution in [2.24, 2.45) is 5.73 Å². The SMILES string of the molecule is CCC(c1ccccc1)C(N)c1ccc2c(c1)CCCC2. The van der Waals surface area contributed by atoms with Crippen LogP contribution >= 0.6 is 0 Å². The van der Waals surface area contributed by atoms with Crippen LogP contribution in [0.4, 0.5) is 0 Å². The van der Waals surface area contributed by atoms with Crippen molar-refractivity contribution >= 4 is 0 Å². The molecule has 0 amide bonds. The second-order valence-corrected chi connectivity index (χ2v) is 6.19. The summed E-state index contributed by atoms with van der Waals surface area (Å²) < 4.78 is 0. The van der Waals surface area contributed by atoms with Gasteiger partial charge in [0.1, 0.15) is 0 Å². The van der Waals surface area contributed by atoms with Crippen molar-refractivity contribution in [1.29, 1.82) is 0 Å². The molecule has 0 heterocycles. The van der Waals surface area contributed by atoms with Gasteiger partial charge >= 0.3 is 0 Å². The van der Waals surface area contributed by atoms with E-state index < -0.39 is 0 Å². The summed E-state index contributed by atoms with van der Waals surface area (Å²) in [5, 5.41) is 0. The number of fused-ring (bicyclic) bond motifs is 1. The largest absolute Gasteiger partial charge is 0.323 e. The molecule has 0 spiro atoms. The van der Waals surface area contributed by atoms with Crippen molar-refractivity contribution in [2.75, 3.05) is 0 Å². The van der Waals surface area contributed by atoms with E-state index in [-0.39, 0.29) is 6.04 Å². The third-order valence-electron chi connectivity index (χ3n) is 4.86. The Kier molecular flexibility index (Phi) is 4.40. The highest BCUT2D eigenvalue weighted by atomic mass is 14.7. The molecule has 2 unspecified atom stereocenters. The van der Waals surface area contributed by atoms with Gasteiger partial charge in [-0.05, 0) is 54.4 Å². The van der Waals surface area contributed by atoms with E-state index in [1.165, 1.54) is 47.9 Å². The van der Waals surface area contributed by atoms with E-state index in [4.69, 9.17) is 5.73 Å². The molecule has 0 fully saturated rings. The Labute approximate surface area is 128 Å². The highest BCUT2D eigenvalue weighted by Crippen LogP contribution is 2.33. The van der Waals surface area contributed by atoms with Crippen LogP contribution in [0.3, 0.4) is 0 Å². The predicted molar refractivity (Wildman–Crippen MR) is 89.5 cm³/mol. The molecule has 2 atom stereocenters. The van der Waals surface area contributed by atoms with Gasteiger partial charge < -0.3 is 5.73 Å². The fraction of sp³-hybridized carbons (Fsp3) is 0.400. The molecule has 2 aromatic carbocycles. The minimum Gasteiger partial charge on any atom is -0.323 e. The summed E-state index contributed by atoms with van der Waals surface area (Å²) in [4.78, 5) is 0. The Morgan fingerprint density at radius 2 is 1.62 bits per heavy atom. The fourth-order valence-corrected chi connectivity index (χ4v) is 3.59. The van der Waals surface area contributed by atoms with E-state index in [0.29, 0.717) is 5.92 Å². The van der Waals surface area contributed by atoms with Crippen LogP contribution in [0.1, 0.15) is 60.4 Å². The lowest BCUT2D eigenvalue weighted by molar-refractivity contribution is 0.538. The zero-order valence-electron chi connectivity index (χ0n) is 12.9. The molecule has 0 saturated heterocycles. The van der Waals surface area contributed by atoms with E-state index in [1.54, 1.807) is 0 Å². The molecule has 0 radical (unpaired) electrons. The monoisotopic (exact) mass is 279 g/mol. The molecule has 0 saturated carbocycles. The summed E-state index contributed by atoms with van der Waals surface area (Å²) in [7, 11) is 0. The first-order chi connectivity index (χ1) is 10.3. The van der Waals surface area contributed by atoms with Gasteiger partial charge in [-0.3, -0.25) is 0 Å². The fourth-order valence-electron chi connectivity index (χ4n) is 3.59. The zero-order chi connectivity index (χ0) is 14.7. The molecule has 1 aliphatic carbocycles. The van der Waals surface area contributed by atoms with Crippen LogP contribution in [0.15, 0.2) is 48.5 Å². The van der Waals surface area contributed by atoms with Gasteiger partial charge in [-0.1, -0.05) is 55.5 Å². The topological polar surface area (TPSA) is 26.0 Å². The lowest BCUT2D eigenvalue weighted by Crippen LogP contribution is -2.20. The number of rotatable bonds is 4. The summed E-state index contributed by atoms with van der Waals surface area (Å²) >= 11 is 0. The van der Waals surface area contributed by atoms with Crippen LogP contribution in [-0.2, 0) is 12.8 Å². The molecule has 1 nitrogen and oxygen atoms in total. The van der Waals surface area contributed by atoms with Crippen LogP contribution in [0.5, 0.6) is 0 Å². The molecule has 2 N–H and O–H groups in total. The van der Waals surface area contributed by atoms with Gasteiger partial charge in [-0.15, -0.1) is 0 Å². The molecule has 1 aliphatic rings. The highest BCUT2D eigenvalue weighted by molar-refractivity contribution is 5.37. The molecule has 2 aromatic rings. The summed E-state index contributed by atoms with van der Waals surface area (Å²) in [6.07, 6.45) is 6.18. The standard InChI is InChI=1S/C20H25N/c1-2-19(16-9-4-3-5-10-16)20(21)18-13-12-15-8-6-7-11-17(15)14-18/h3-5,9-10,12-14,19-20H,2,6-8,11,21H2,1H3. The van der Waals surface area contributed by atoms with Crippen LogP contribution in [0.25, 0.3) is 0 Å². The summed E-state index contributed by atoms with van der Waals surface area (Å²) in [6, 6.07) is 17.7. The van der Waals surface area contributed by atoms with E-state index in [9.17, 15) is 0 Å².